The Morgan fingerprint density at radius 1 is 1.12 bits per heavy atom. The first kappa shape index (κ1) is 21.5. The third kappa shape index (κ3) is 3.83. The van der Waals surface area contributed by atoms with E-state index in [0.29, 0.717) is 22.8 Å². The molecule has 0 bridgehead atoms. The van der Waals surface area contributed by atoms with Crippen molar-refractivity contribution in [2.45, 2.75) is 19.4 Å². The standard InChI is InChI=1S/C24H22FN7O2/c1-15-13-22(33)26-18-9-5-6-10-19(18)31(15)23(34)14-30(2)21-12-11-20-27-28-24(32(20)29-21)16-7-3-4-8-17(16)25/h3-12,15H,13-14H2,1-2H3,(H,26,33). The number of nitrogens with zero attached hydrogens (tertiary/aromatic N) is 6. The van der Waals surface area contributed by atoms with Crippen LogP contribution >= 0.6 is 0 Å². The topological polar surface area (TPSA) is 95.7 Å². The van der Waals surface area contributed by atoms with E-state index in [2.05, 4.69) is 20.6 Å². The minimum atomic E-state index is -0.426. The Kier molecular flexibility index (Phi) is 5.40. The molecule has 1 N–H and O–H groups in total. The highest BCUT2D eigenvalue weighted by atomic mass is 19.1. The molecular formula is C24H22FN7O2. The summed E-state index contributed by atoms with van der Waals surface area (Å²) in [7, 11) is 1.75. The van der Waals surface area contributed by atoms with Crippen LogP contribution in [0.5, 0.6) is 0 Å². The van der Waals surface area contributed by atoms with Gasteiger partial charge in [-0.3, -0.25) is 9.59 Å². The monoisotopic (exact) mass is 459 g/mol. The van der Waals surface area contributed by atoms with Crippen LogP contribution in [-0.4, -0.2) is 51.3 Å². The third-order valence-corrected chi connectivity index (χ3v) is 5.75. The Morgan fingerprint density at radius 3 is 2.71 bits per heavy atom. The van der Waals surface area contributed by atoms with Gasteiger partial charge in [0.05, 0.1) is 23.5 Å². The molecule has 172 valence electrons. The van der Waals surface area contributed by atoms with Crippen molar-refractivity contribution in [1.82, 2.24) is 19.8 Å². The maximum absolute atomic E-state index is 14.3. The molecule has 0 aliphatic carbocycles. The zero-order valence-corrected chi connectivity index (χ0v) is 18.6. The van der Waals surface area contributed by atoms with Crippen LogP contribution in [0.1, 0.15) is 13.3 Å². The number of rotatable bonds is 4. The van der Waals surface area contributed by atoms with Crippen LogP contribution in [-0.2, 0) is 9.59 Å². The normalized spacial score (nSPS) is 15.6. The van der Waals surface area contributed by atoms with E-state index >= 15 is 0 Å². The zero-order chi connectivity index (χ0) is 23.8. The SMILES string of the molecule is CC1CC(=O)Nc2ccccc2N1C(=O)CN(C)c1ccc2nnc(-c3ccccc3F)n2n1. The first-order chi connectivity index (χ1) is 16.4. The second-order valence-electron chi connectivity index (χ2n) is 8.20. The fourth-order valence-electron chi connectivity index (χ4n) is 4.12. The zero-order valence-electron chi connectivity index (χ0n) is 18.6. The van der Waals surface area contributed by atoms with E-state index in [1.165, 1.54) is 10.6 Å². The fraction of sp³-hybridized carbons (Fsp3) is 0.208. The number of hydrogen-bond donors (Lipinski definition) is 1. The molecule has 34 heavy (non-hydrogen) atoms. The smallest absolute Gasteiger partial charge is 0.246 e. The van der Waals surface area contributed by atoms with E-state index in [9.17, 15) is 14.0 Å². The summed E-state index contributed by atoms with van der Waals surface area (Å²) in [6.45, 7) is 1.87. The number of carbonyl (C=O) groups excluding carboxylic acids is 2. The van der Waals surface area contributed by atoms with Gasteiger partial charge in [-0.1, -0.05) is 24.3 Å². The maximum atomic E-state index is 14.3. The van der Waals surface area contributed by atoms with Crippen molar-refractivity contribution < 1.29 is 14.0 Å². The second kappa shape index (κ2) is 8.54. The van der Waals surface area contributed by atoms with E-state index in [1.54, 1.807) is 53.2 Å². The summed E-state index contributed by atoms with van der Waals surface area (Å²) in [5, 5.41) is 15.6. The number of halogens is 1. The molecule has 0 spiro atoms. The quantitative estimate of drug-likeness (QED) is 0.504. The largest absolute Gasteiger partial charge is 0.349 e. The van der Waals surface area contributed by atoms with Gasteiger partial charge in [0.2, 0.25) is 11.8 Å². The molecule has 0 saturated heterocycles. The molecule has 0 fully saturated rings. The lowest BCUT2D eigenvalue weighted by molar-refractivity contribution is -0.118. The van der Waals surface area contributed by atoms with Crippen LogP contribution in [0.2, 0.25) is 0 Å². The summed E-state index contributed by atoms with van der Waals surface area (Å²) in [6, 6.07) is 16.7. The molecule has 3 heterocycles. The van der Waals surface area contributed by atoms with Crippen molar-refractivity contribution in [3.63, 3.8) is 0 Å². The lowest BCUT2D eigenvalue weighted by atomic mass is 10.1. The summed E-state index contributed by atoms with van der Waals surface area (Å²) in [6.07, 6.45) is 0.195. The summed E-state index contributed by atoms with van der Waals surface area (Å²) in [5.41, 5.74) is 2.00. The predicted octanol–water partition coefficient (Wildman–Crippen LogP) is 3.13. The highest BCUT2D eigenvalue weighted by Crippen LogP contribution is 2.31. The molecule has 2 aromatic heterocycles. The Bertz CT molecular complexity index is 1400. The first-order valence-electron chi connectivity index (χ1n) is 10.8. The van der Waals surface area contributed by atoms with Gasteiger partial charge >= 0.3 is 0 Å². The molecule has 10 heteroatoms. The van der Waals surface area contributed by atoms with Crippen LogP contribution in [0.4, 0.5) is 21.6 Å². The molecule has 0 radical (unpaired) electrons. The molecule has 1 aliphatic heterocycles. The number of fused-ring (bicyclic) bond motifs is 2. The molecule has 4 aromatic rings. The number of amides is 2. The fourth-order valence-corrected chi connectivity index (χ4v) is 4.12. The van der Waals surface area contributed by atoms with Gasteiger partial charge in [-0.15, -0.1) is 15.3 Å². The Hall–Kier alpha value is -4.34. The minimum absolute atomic E-state index is 0.0164. The van der Waals surface area contributed by atoms with Crippen molar-refractivity contribution in [3.8, 4) is 11.4 Å². The van der Waals surface area contributed by atoms with Gasteiger partial charge in [0, 0.05) is 19.5 Å². The summed E-state index contributed by atoms with van der Waals surface area (Å²) >= 11 is 0. The average Bonchev–Trinajstić information content (AvgIpc) is 3.17. The van der Waals surface area contributed by atoms with Crippen molar-refractivity contribution in [2.75, 3.05) is 28.7 Å². The van der Waals surface area contributed by atoms with Crippen molar-refractivity contribution in [3.05, 3.63) is 66.5 Å². The van der Waals surface area contributed by atoms with Gasteiger partial charge in [0.15, 0.2) is 11.5 Å². The van der Waals surface area contributed by atoms with Crippen molar-refractivity contribution >= 4 is 34.7 Å². The second-order valence-corrected chi connectivity index (χ2v) is 8.20. The number of anilines is 3. The third-order valence-electron chi connectivity index (χ3n) is 5.75. The number of carbonyl (C=O) groups is 2. The number of hydrogen-bond acceptors (Lipinski definition) is 6. The Balaban J connectivity index is 1.44. The Labute approximate surface area is 194 Å². The van der Waals surface area contributed by atoms with E-state index in [4.69, 9.17) is 0 Å². The number of aromatic nitrogens is 4. The average molecular weight is 459 g/mol. The summed E-state index contributed by atoms with van der Waals surface area (Å²) < 4.78 is 15.8. The highest BCUT2D eigenvalue weighted by molar-refractivity contribution is 6.05. The molecular weight excluding hydrogens is 437 g/mol. The van der Waals surface area contributed by atoms with Crippen molar-refractivity contribution in [1.29, 1.82) is 0 Å². The van der Waals surface area contributed by atoms with Crippen LogP contribution in [0.25, 0.3) is 17.0 Å². The van der Waals surface area contributed by atoms with Gasteiger partial charge < -0.3 is 15.1 Å². The van der Waals surface area contributed by atoms with E-state index in [0.717, 1.165) is 0 Å². The lowest BCUT2D eigenvalue weighted by Crippen LogP contribution is -2.44. The molecule has 5 rings (SSSR count). The number of benzene rings is 2. The summed E-state index contributed by atoms with van der Waals surface area (Å²) in [5.74, 6) is 0.0185. The van der Waals surface area contributed by atoms with Gasteiger partial charge in [0.25, 0.3) is 0 Å². The summed E-state index contributed by atoms with van der Waals surface area (Å²) in [4.78, 5) is 29.0. The predicted molar refractivity (Wildman–Crippen MR) is 126 cm³/mol. The van der Waals surface area contributed by atoms with Crippen molar-refractivity contribution in [2.24, 2.45) is 0 Å². The number of likely N-dealkylation sites (N-methyl/N-ethyl adjacent to an activating group) is 1. The highest BCUT2D eigenvalue weighted by Gasteiger charge is 2.30. The van der Waals surface area contributed by atoms with Crippen LogP contribution in [0.15, 0.2) is 60.7 Å². The van der Waals surface area contributed by atoms with Crippen LogP contribution in [0, 0.1) is 5.82 Å². The molecule has 0 saturated carbocycles. The van der Waals surface area contributed by atoms with Crippen LogP contribution < -0.4 is 15.1 Å². The number of para-hydroxylation sites is 2. The van der Waals surface area contributed by atoms with Gasteiger partial charge in [0.1, 0.15) is 11.6 Å². The molecule has 2 amide bonds. The van der Waals surface area contributed by atoms with E-state index in [-0.39, 0.29) is 42.2 Å². The van der Waals surface area contributed by atoms with Gasteiger partial charge in [-0.2, -0.15) is 4.52 Å². The van der Waals surface area contributed by atoms with Gasteiger partial charge in [-0.05, 0) is 43.3 Å². The molecule has 2 aromatic carbocycles. The van der Waals surface area contributed by atoms with E-state index < -0.39 is 5.82 Å². The Morgan fingerprint density at radius 2 is 1.88 bits per heavy atom. The molecule has 1 aliphatic rings. The minimum Gasteiger partial charge on any atom is -0.349 e. The van der Waals surface area contributed by atoms with Crippen LogP contribution in [0.3, 0.4) is 0 Å². The molecule has 1 atom stereocenters. The molecule has 9 nitrogen and oxygen atoms in total. The molecule has 1 unspecified atom stereocenters. The first-order valence-corrected chi connectivity index (χ1v) is 10.8. The van der Waals surface area contributed by atoms with Gasteiger partial charge in [-0.25, -0.2) is 4.39 Å². The number of nitrogens with one attached hydrogen (secondary N) is 1. The maximum Gasteiger partial charge on any atom is 0.246 e. The van der Waals surface area contributed by atoms with E-state index in [1.807, 2.05) is 25.1 Å². The lowest BCUT2D eigenvalue weighted by Gasteiger charge is -2.30.